The fourth-order valence-electron chi connectivity index (χ4n) is 2.79. The van der Waals surface area contributed by atoms with E-state index in [1.165, 1.54) is 24.0 Å². The van der Waals surface area contributed by atoms with Gasteiger partial charge in [-0.3, -0.25) is 0 Å². The van der Waals surface area contributed by atoms with Crippen LogP contribution in [-0.4, -0.2) is 27.0 Å². The van der Waals surface area contributed by atoms with Gasteiger partial charge in [0.25, 0.3) is 0 Å². The Hall–Kier alpha value is -1.26. The third-order valence-electron chi connectivity index (χ3n) is 3.71. The van der Waals surface area contributed by atoms with E-state index in [4.69, 9.17) is 14.2 Å². The van der Waals surface area contributed by atoms with Gasteiger partial charge in [-0.1, -0.05) is 0 Å². The normalized spacial score (nSPS) is 19.2. The van der Waals surface area contributed by atoms with Crippen LogP contribution in [-0.2, 0) is 11.3 Å². The van der Waals surface area contributed by atoms with E-state index in [2.05, 4.69) is 17.4 Å². The second-order valence-electron chi connectivity index (χ2n) is 4.86. The van der Waals surface area contributed by atoms with Crippen molar-refractivity contribution in [2.45, 2.75) is 25.4 Å². The quantitative estimate of drug-likeness (QED) is 0.889. The SMILES string of the molecule is COCc1cc2c(cc1C1CCNCC1)OCO2. The van der Waals surface area contributed by atoms with Crippen molar-refractivity contribution < 1.29 is 14.2 Å². The second-order valence-corrected chi connectivity index (χ2v) is 4.86. The van der Waals surface area contributed by atoms with Crippen molar-refractivity contribution in [1.82, 2.24) is 5.32 Å². The minimum Gasteiger partial charge on any atom is -0.454 e. The molecule has 0 atom stereocenters. The van der Waals surface area contributed by atoms with Crippen molar-refractivity contribution in [3.05, 3.63) is 23.3 Å². The Morgan fingerprint density at radius 3 is 2.67 bits per heavy atom. The molecule has 1 saturated heterocycles. The average molecular weight is 249 g/mol. The largest absolute Gasteiger partial charge is 0.454 e. The summed E-state index contributed by atoms with van der Waals surface area (Å²) in [5.41, 5.74) is 2.59. The Morgan fingerprint density at radius 2 is 1.94 bits per heavy atom. The molecule has 1 aromatic carbocycles. The minimum absolute atomic E-state index is 0.331. The number of methoxy groups -OCH3 is 1. The highest BCUT2D eigenvalue weighted by molar-refractivity contribution is 5.49. The van der Waals surface area contributed by atoms with Crippen LogP contribution < -0.4 is 14.8 Å². The number of hydrogen-bond acceptors (Lipinski definition) is 4. The fraction of sp³-hybridized carbons (Fsp3) is 0.571. The molecule has 0 bridgehead atoms. The number of rotatable bonds is 3. The fourth-order valence-corrected chi connectivity index (χ4v) is 2.79. The van der Waals surface area contributed by atoms with Gasteiger partial charge in [0.1, 0.15) is 0 Å². The maximum absolute atomic E-state index is 5.48. The zero-order valence-electron chi connectivity index (χ0n) is 10.7. The van der Waals surface area contributed by atoms with E-state index in [0.717, 1.165) is 24.6 Å². The smallest absolute Gasteiger partial charge is 0.231 e. The van der Waals surface area contributed by atoms with Gasteiger partial charge in [0.05, 0.1) is 6.61 Å². The van der Waals surface area contributed by atoms with Crippen LogP contribution in [0.5, 0.6) is 11.5 Å². The highest BCUT2D eigenvalue weighted by Gasteiger charge is 2.23. The second kappa shape index (κ2) is 5.16. The van der Waals surface area contributed by atoms with E-state index in [0.29, 0.717) is 19.3 Å². The standard InChI is InChI=1S/C14H19NO3/c1-16-8-11-6-13-14(18-9-17-13)7-12(11)10-2-4-15-5-3-10/h6-7,10,15H,2-5,8-9H2,1H3. The van der Waals surface area contributed by atoms with Crippen molar-refractivity contribution in [1.29, 1.82) is 0 Å². The van der Waals surface area contributed by atoms with Gasteiger partial charge in [0.15, 0.2) is 11.5 Å². The number of piperidine rings is 1. The van der Waals surface area contributed by atoms with Gasteiger partial charge in [-0.05, 0) is 55.1 Å². The summed E-state index contributed by atoms with van der Waals surface area (Å²) >= 11 is 0. The van der Waals surface area contributed by atoms with Crippen LogP contribution in [0.1, 0.15) is 29.9 Å². The van der Waals surface area contributed by atoms with Crippen molar-refractivity contribution >= 4 is 0 Å². The van der Waals surface area contributed by atoms with Crippen molar-refractivity contribution in [3.8, 4) is 11.5 Å². The van der Waals surface area contributed by atoms with E-state index in [1.54, 1.807) is 7.11 Å². The lowest BCUT2D eigenvalue weighted by molar-refractivity contribution is 0.173. The summed E-state index contributed by atoms with van der Waals surface area (Å²) in [5.74, 6) is 2.33. The van der Waals surface area contributed by atoms with E-state index in [1.807, 2.05) is 0 Å². The van der Waals surface area contributed by atoms with Crippen LogP contribution in [0.3, 0.4) is 0 Å². The molecule has 1 aromatic rings. The van der Waals surface area contributed by atoms with E-state index in [9.17, 15) is 0 Å². The van der Waals surface area contributed by atoms with Crippen LogP contribution >= 0.6 is 0 Å². The molecule has 98 valence electrons. The first-order valence-corrected chi connectivity index (χ1v) is 6.50. The van der Waals surface area contributed by atoms with Crippen LogP contribution in [0.4, 0.5) is 0 Å². The van der Waals surface area contributed by atoms with E-state index >= 15 is 0 Å². The number of fused-ring (bicyclic) bond motifs is 1. The van der Waals surface area contributed by atoms with E-state index < -0.39 is 0 Å². The Balaban J connectivity index is 1.94. The maximum Gasteiger partial charge on any atom is 0.231 e. The lowest BCUT2D eigenvalue weighted by Gasteiger charge is -2.25. The Labute approximate surface area is 107 Å². The number of benzene rings is 1. The van der Waals surface area contributed by atoms with Gasteiger partial charge in [0, 0.05) is 7.11 Å². The summed E-state index contributed by atoms with van der Waals surface area (Å²) in [7, 11) is 1.73. The molecule has 0 aliphatic carbocycles. The summed E-state index contributed by atoms with van der Waals surface area (Å²) in [6, 6.07) is 4.22. The molecule has 0 unspecified atom stereocenters. The molecule has 4 nitrogen and oxygen atoms in total. The molecule has 0 radical (unpaired) electrons. The lowest BCUT2D eigenvalue weighted by Crippen LogP contribution is -2.27. The Morgan fingerprint density at radius 1 is 1.22 bits per heavy atom. The summed E-state index contributed by atoms with van der Waals surface area (Å²) in [5, 5.41) is 3.40. The molecule has 0 spiro atoms. The van der Waals surface area contributed by atoms with Crippen LogP contribution in [0, 0.1) is 0 Å². The third kappa shape index (κ3) is 2.18. The minimum atomic E-state index is 0.331. The zero-order valence-corrected chi connectivity index (χ0v) is 10.7. The molecular formula is C14H19NO3. The molecule has 2 aliphatic rings. The summed E-state index contributed by atoms with van der Waals surface area (Å²) < 4.78 is 16.2. The first kappa shape index (κ1) is 11.8. The van der Waals surface area contributed by atoms with Crippen molar-refractivity contribution in [2.75, 3.05) is 27.0 Å². The maximum atomic E-state index is 5.48. The van der Waals surface area contributed by atoms with Gasteiger partial charge in [-0.15, -0.1) is 0 Å². The van der Waals surface area contributed by atoms with Crippen LogP contribution in [0.2, 0.25) is 0 Å². The van der Waals surface area contributed by atoms with Crippen LogP contribution in [0.15, 0.2) is 12.1 Å². The highest BCUT2D eigenvalue weighted by atomic mass is 16.7. The Bertz CT molecular complexity index is 427. The Kier molecular flexibility index (Phi) is 3.39. The molecule has 18 heavy (non-hydrogen) atoms. The highest BCUT2D eigenvalue weighted by Crippen LogP contribution is 2.39. The first-order valence-electron chi connectivity index (χ1n) is 6.50. The summed E-state index contributed by atoms with van der Waals surface area (Å²) in [6.07, 6.45) is 2.35. The van der Waals surface area contributed by atoms with E-state index in [-0.39, 0.29) is 0 Å². The molecule has 0 amide bonds. The molecule has 1 N–H and O–H groups in total. The lowest BCUT2D eigenvalue weighted by atomic mass is 9.87. The molecule has 0 aromatic heterocycles. The van der Waals surface area contributed by atoms with Crippen molar-refractivity contribution in [2.24, 2.45) is 0 Å². The average Bonchev–Trinajstić information content (AvgIpc) is 2.86. The summed E-state index contributed by atoms with van der Waals surface area (Å²) in [6.45, 7) is 3.14. The topological polar surface area (TPSA) is 39.7 Å². The molecule has 1 fully saturated rings. The molecule has 0 saturated carbocycles. The van der Waals surface area contributed by atoms with Gasteiger partial charge < -0.3 is 19.5 Å². The number of hydrogen-bond donors (Lipinski definition) is 1. The van der Waals surface area contributed by atoms with Crippen LogP contribution in [0.25, 0.3) is 0 Å². The predicted octanol–water partition coefficient (Wildman–Crippen LogP) is 2.03. The predicted molar refractivity (Wildman–Crippen MR) is 68.1 cm³/mol. The first-order chi connectivity index (χ1) is 8.88. The van der Waals surface area contributed by atoms with Gasteiger partial charge in [-0.25, -0.2) is 0 Å². The molecule has 4 heteroatoms. The number of nitrogens with one attached hydrogen (secondary N) is 1. The summed E-state index contributed by atoms with van der Waals surface area (Å²) in [4.78, 5) is 0. The molecule has 2 aliphatic heterocycles. The molecular weight excluding hydrogens is 230 g/mol. The zero-order chi connectivity index (χ0) is 12.4. The van der Waals surface area contributed by atoms with Gasteiger partial charge in [0.2, 0.25) is 6.79 Å². The van der Waals surface area contributed by atoms with Crippen molar-refractivity contribution in [3.63, 3.8) is 0 Å². The molecule has 2 heterocycles. The molecule has 3 rings (SSSR count). The number of ether oxygens (including phenoxy) is 3. The third-order valence-corrected chi connectivity index (χ3v) is 3.71. The monoisotopic (exact) mass is 249 g/mol. The van der Waals surface area contributed by atoms with Gasteiger partial charge in [-0.2, -0.15) is 0 Å². The van der Waals surface area contributed by atoms with Gasteiger partial charge >= 0.3 is 0 Å².